The van der Waals surface area contributed by atoms with Gasteiger partial charge in [0.1, 0.15) is 9.92 Å². The Morgan fingerprint density at radius 2 is 2.23 bits per heavy atom. The van der Waals surface area contributed by atoms with E-state index < -0.39 is 0 Å². The molecule has 2 aromatic heterocycles. The van der Waals surface area contributed by atoms with Gasteiger partial charge >= 0.3 is 0 Å². The maximum atomic E-state index is 13.2. The molecule has 0 spiro atoms. The molecule has 4 rings (SSSR count). The molecule has 1 unspecified atom stereocenters. The van der Waals surface area contributed by atoms with Crippen LogP contribution >= 0.6 is 11.8 Å². The van der Waals surface area contributed by atoms with Crippen molar-refractivity contribution in [2.24, 2.45) is 0 Å². The number of nitrogens with zero attached hydrogens (tertiary/aromatic N) is 4. The van der Waals surface area contributed by atoms with Crippen molar-refractivity contribution in [3.8, 4) is 0 Å². The van der Waals surface area contributed by atoms with Crippen LogP contribution in [0.1, 0.15) is 49.2 Å². The Balaban J connectivity index is 1.86. The van der Waals surface area contributed by atoms with Gasteiger partial charge in [0.15, 0.2) is 6.23 Å². The van der Waals surface area contributed by atoms with Crippen LogP contribution in [0, 0.1) is 0 Å². The predicted molar refractivity (Wildman–Crippen MR) is 97.7 cm³/mol. The second kappa shape index (κ2) is 7.20. The van der Waals surface area contributed by atoms with Crippen LogP contribution in [0.15, 0.2) is 39.2 Å². The van der Waals surface area contributed by atoms with Crippen molar-refractivity contribution in [1.29, 1.82) is 0 Å². The lowest BCUT2D eigenvalue weighted by atomic mass is 10.2. The van der Waals surface area contributed by atoms with E-state index in [-0.39, 0.29) is 17.7 Å². The Bertz CT molecular complexity index is 892. The Kier molecular flexibility index (Phi) is 4.78. The summed E-state index contributed by atoms with van der Waals surface area (Å²) in [5, 5.41) is 4.89. The van der Waals surface area contributed by atoms with Crippen molar-refractivity contribution in [1.82, 2.24) is 14.8 Å². The summed E-state index contributed by atoms with van der Waals surface area (Å²) in [5.74, 6) is -0.144. The standard InChI is InChI=1S/C18H20N4O3S/c1-2-9-21-13-11-20-22(14-7-3-4-10-25-14)18(24)15(13)26-16-12(17(21)23)6-5-8-19-16/h5-6,8,11,14H,2-4,7,9-10H2,1H3. The van der Waals surface area contributed by atoms with Crippen molar-refractivity contribution in [3.63, 3.8) is 0 Å². The molecule has 0 aromatic carbocycles. The van der Waals surface area contributed by atoms with E-state index in [1.165, 1.54) is 16.4 Å². The van der Waals surface area contributed by atoms with Gasteiger partial charge in [-0.3, -0.25) is 9.59 Å². The molecular formula is C18H20N4O3S. The minimum Gasteiger partial charge on any atom is -0.356 e. The van der Waals surface area contributed by atoms with Crippen molar-refractivity contribution in [3.05, 3.63) is 40.4 Å². The second-order valence-electron chi connectivity index (χ2n) is 6.34. The minimum absolute atomic E-state index is 0.144. The smallest absolute Gasteiger partial charge is 0.285 e. The molecule has 0 aliphatic carbocycles. The Labute approximate surface area is 155 Å². The number of carbonyl (C=O) groups excluding carboxylic acids is 1. The van der Waals surface area contributed by atoms with Gasteiger partial charge in [-0.25, -0.2) is 4.98 Å². The zero-order valence-corrected chi connectivity index (χ0v) is 15.4. The first-order chi connectivity index (χ1) is 12.7. The van der Waals surface area contributed by atoms with Gasteiger partial charge in [0.2, 0.25) is 0 Å². The largest absolute Gasteiger partial charge is 0.356 e. The molecule has 0 bridgehead atoms. The number of aromatic nitrogens is 3. The van der Waals surface area contributed by atoms with E-state index in [0.717, 1.165) is 25.7 Å². The van der Waals surface area contributed by atoms with Crippen LogP contribution in [0.5, 0.6) is 0 Å². The normalized spacial score (nSPS) is 19.7. The van der Waals surface area contributed by atoms with Crippen molar-refractivity contribution < 1.29 is 9.53 Å². The van der Waals surface area contributed by atoms with E-state index in [2.05, 4.69) is 10.1 Å². The molecule has 2 aliphatic heterocycles. The number of hydrogen-bond donors (Lipinski definition) is 0. The molecule has 136 valence electrons. The minimum atomic E-state index is -0.344. The van der Waals surface area contributed by atoms with Crippen LogP contribution in [-0.4, -0.2) is 33.8 Å². The number of fused-ring (bicyclic) bond motifs is 2. The molecule has 0 saturated carbocycles. The number of carbonyl (C=O) groups is 1. The zero-order chi connectivity index (χ0) is 18.1. The van der Waals surface area contributed by atoms with Gasteiger partial charge in [0, 0.05) is 19.3 Å². The Morgan fingerprint density at radius 1 is 1.35 bits per heavy atom. The van der Waals surface area contributed by atoms with Crippen LogP contribution in [0.25, 0.3) is 0 Å². The van der Waals surface area contributed by atoms with Crippen molar-refractivity contribution in [2.75, 3.05) is 18.1 Å². The summed E-state index contributed by atoms with van der Waals surface area (Å²) >= 11 is 1.24. The Hall–Kier alpha value is -2.19. The molecule has 1 amide bonds. The summed E-state index contributed by atoms with van der Waals surface area (Å²) in [6.07, 6.45) is 6.46. The summed E-state index contributed by atoms with van der Waals surface area (Å²) in [6.45, 7) is 3.15. The molecule has 1 atom stereocenters. The van der Waals surface area contributed by atoms with Gasteiger partial charge in [0.05, 0.1) is 17.4 Å². The molecule has 4 heterocycles. The quantitative estimate of drug-likeness (QED) is 0.824. The summed E-state index contributed by atoms with van der Waals surface area (Å²) < 4.78 is 7.14. The fourth-order valence-corrected chi connectivity index (χ4v) is 4.30. The SMILES string of the molecule is CCCN1C(=O)c2cccnc2Sc2c1cnn(C1CCCCO1)c2=O. The molecule has 0 N–H and O–H groups in total. The highest BCUT2D eigenvalue weighted by atomic mass is 32.2. The number of ether oxygens (including phenoxy) is 1. The first kappa shape index (κ1) is 17.2. The highest BCUT2D eigenvalue weighted by Gasteiger charge is 2.31. The molecule has 1 saturated heterocycles. The lowest BCUT2D eigenvalue weighted by Crippen LogP contribution is -2.36. The Morgan fingerprint density at radius 3 is 3.00 bits per heavy atom. The first-order valence-electron chi connectivity index (χ1n) is 8.89. The molecule has 2 aliphatic rings. The van der Waals surface area contributed by atoms with Crippen LogP contribution < -0.4 is 10.5 Å². The highest BCUT2D eigenvalue weighted by molar-refractivity contribution is 7.99. The zero-order valence-electron chi connectivity index (χ0n) is 14.6. The number of amides is 1. The summed E-state index contributed by atoms with van der Waals surface area (Å²) in [5.41, 5.74) is 0.839. The van der Waals surface area contributed by atoms with E-state index in [1.54, 1.807) is 29.4 Å². The summed E-state index contributed by atoms with van der Waals surface area (Å²) in [4.78, 5) is 32.6. The van der Waals surface area contributed by atoms with Crippen LogP contribution in [0.3, 0.4) is 0 Å². The van der Waals surface area contributed by atoms with Gasteiger partial charge in [-0.15, -0.1) is 0 Å². The molecule has 26 heavy (non-hydrogen) atoms. The van der Waals surface area contributed by atoms with Gasteiger partial charge in [-0.1, -0.05) is 18.7 Å². The second-order valence-corrected chi connectivity index (χ2v) is 7.34. The van der Waals surface area contributed by atoms with Crippen molar-refractivity contribution in [2.45, 2.75) is 48.8 Å². The number of hydrogen-bond acceptors (Lipinski definition) is 6. The lowest BCUT2D eigenvalue weighted by Gasteiger charge is -2.25. The predicted octanol–water partition coefficient (Wildman–Crippen LogP) is 2.86. The van der Waals surface area contributed by atoms with Gasteiger partial charge in [-0.2, -0.15) is 9.78 Å². The topological polar surface area (TPSA) is 77.3 Å². The van der Waals surface area contributed by atoms with E-state index in [0.29, 0.717) is 34.3 Å². The van der Waals surface area contributed by atoms with Crippen LogP contribution in [0.2, 0.25) is 0 Å². The van der Waals surface area contributed by atoms with Gasteiger partial charge in [0.25, 0.3) is 11.5 Å². The summed E-state index contributed by atoms with van der Waals surface area (Å²) in [7, 11) is 0. The summed E-state index contributed by atoms with van der Waals surface area (Å²) in [6, 6.07) is 3.49. The van der Waals surface area contributed by atoms with Crippen molar-refractivity contribution >= 4 is 23.4 Å². The fourth-order valence-electron chi connectivity index (χ4n) is 3.28. The van der Waals surface area contributed by atoms with Crippen LogP contribution in [0.4, 0.5) is 5.69 Å². The number of rotatable bonds is 3. The maximum absolute atomic E-state index is 13.2. The molecule has 2 aromatic rings. The molecule has 1 fully saturated rings. The molecular weight excluding hydrogens is 352 g/mol. The van der Waals surface area contributed by atoms with E-state index in [4.69, 9.17) is 4.74 Å². The molecule has 0 radical (unpaired) electrons. The average Bonchev–Trinajstić information content (AvgIpc) is 2.79. The number of anilines is 1. The average molecular weight is 372 g/mol. The van der Waals surface area contributed by atoms with Gasteiger partial charge in [-0.05, 0) is 37.8 Å². The van der Waals surface area contributed by atoms with E-state index in [9.17, 15) is 9.59 Å². The molecule has 8 heteroatoms. The van der Waals surface area contributed by atoms with E-state index in [1.807, 2.05) is 6.92 Å². The maximum Gasteiger partial charge on any atom is 0.285 e. The number of pyridine rings is 1. The third-order valence-corrected chi connectivity index (χ3v) is 5.66. The van der Waals surface area contributed by atoms with Crippen LogP contribution in [-0.2, 0) is 4.74 Å². The van der Waals surface area contributed by atoms with Gasteiger partial charge < -0.3 is 9.64 Å². The lowest BCUT2D eigenvalue weighted by molar-refractivity contribution is -0.0429. The first-order valence-corrected chi connectivity index (χ1v) is 9.70. The highest BCUT2D eigenvalue weighted by Crippen LogP contribution is 2.38. The monoisotopic (exact) mass is 372 g/mol. The molecule has 7 nitrogen and oxygen atoms in total. The third kappa shape index (κ3) is 2.93. The third-order valence-electron chi connectivity index (χ3n) is 4.55. The van der Waals surface area contributed by atoms with E-state index >= 15 is 0 Å². The fraction of sp³-hybridized carbons (Fsp3) is 0.444.